The molecule has 0 aliphatic carbocycles. The lowest BCUT2D eigenvalue weighted by molar-refractivity contribution is -0.155. The fraction of sp³-hybridized carbons (Fsp3) is 0.600. The molecular weight excluding hydrogens is 246 g/mol. The first-order valence-electron chi connectivity index (χ1n) is 5.14. The molecule has 17 heavy (non-hydrogen) atoms. The van der Waals surface area contributed by atoms with E-state index in [1.54, 1.807) is 11.8 Å². The van der Waals surface area contributed by atoms with E-state index in [9.17, 15) is 9.59 Å². The third kappa shape index (κ3) is 2.73. The Bertz CT molecular complexity index is 381. The van der Waals surface area contributed by atoms with Gasteiger partial charge in [-0.1, -0.05) is 0 Å². The predicted octanol–water partition coefficient (Wildman–Crippen LogP) is 0.343. The Morgan fingerprint density at radius 2 is 2.18 bits per heavy atom. The summed E-state index contributed by atoms with van der Waals surface area (Å²) in [4.78, 5) is 22.0. The van der Waals surface area contributed by atoms with Gasteiger partial charge in [-0.25, -0.2) is 0 Å². The molecule has 1 N–H and O–H groups in total. The monoisotopic (exact) mass is 259 g/mol. The van der Waals surface area contributed by atoms with Crippen molar-refractivity contribution in [1.82, 2.24) is 5.32 Å². The third-order valence-corrected chi connectivity index (χ3v) is 3.24. The molecule has 1 fully saturated rings. The molecule has 0 aromatic heterocycles. The largest absolute Gasteiger partial charge is 0.452 e. The lowest BCUT2D eigenvalue weighted by Gasteiger charge is -2.28. The van der Waals surface area contributed by atoms with Gasteiger partial charge in [-0.15, -0.1) is 11.8 Å². The van der Waals surface area contributed by atoms with Crippen LogP contribution in [0.4, 0.5) is 0 Å². The minimum absolute atomic E-state index is 0.170. The molecule has 0 bridgehead atoms. The molecule has 0 amide bonds. The van der Waals surface area contributed by atoms with Gasteiger partial charge in [0.05, 0.1) is 18.2 Å². The van der Waals surface area contributed by atoms with Crippen LogP contribution in [0, 0.1) is 0 Å². The molecule has 0 aromatic carbocycles. The zero-order valence-electron chi connectivity index (χ0n) is 9.52. The molecule has 2 rings (SSSR count). The Morgan fingerprint density at radius 3 is 2.82 bits per heavy atom. The zero-order chi connectivity index (χ0) is 12.4. The van der Waals surface area contributed by atoms with Crippen LogP contribution in [0.2, 0.25) is 0 Å². The van der Waals surface area contributed by atoms with Crippen LogP contribution in [0.3, 0.4) is 0 Å². The van der Waals surface area contributed by atoms with E-state index in [0.29, 0.717) is 17.3 Å². The van der Waals surface area contributed by atoms with Crippen LogP contribution in [0.15, 0.2) is 11.5 Å². The molecule has 0 saturated carbocycles. The number of nitrogens with one attached hydrogen (secondary N) is 1. The number of esters is 2. The van der Waals surface area contributed by atoms with E-state index < -0.39 is 18.0 Å². The van der Waals surface area contributed by atoms with Gasteiger partial charge < -0.3 is 19.5 Å². The minimum Gasteiger partial charge on any atom is -0.452 e. The van der Waals surface area contributed by atoms with Crippen molar-refractivity contribution in [2.75, 3.05) is 12.5 Å². The smallest absolute Gasteiger partial charge is 0.307 e. The van der Waals surface area contributed by atoms with Crippen molar-refractivity contribution in [1.29, 1.82) is 0 Å². The number of carbonyl (C=O) groups is 2. The Kier molecular flexibility index (Phi) is 3.58. The van der Waals surface area contributed by atoms with Crippen molar-refractivity contribution >= 4 is 23.7 Å². The van der Waals surface area contributed by atoms with Gasteiger partial charge in [0, 0.05) is 13.8 Å². The normalized spacial score (nSPS) is 27.2. The Balaban J connectivity index is 2.24. The van der Waals surface area contributed by atoms with Gasteiger partial charge in [-0.2, -0.15) is 0 Å². The first-order valence-corrected chi connectivity index (χ1v) is 6.19. The number of rotatable bonds is 2. The predicted molar refractivity (Wildman–Crippen MR) is 59.7 cm³/mol. The van der Waals surface area contributed by atoms with Crippen LogP contribution in [0.1, 0.15) is 13.8 Å². The summed E-state index contributed by atoms with van der Waals surface area (Å²) < 4.78 is 15.7. The highest BCUT2D eigenvalue weighted by Gasteiger charge is 2.38. The molecule has 7 heteroatoms. The van der Waals surface area contributed by atoms with Crippen LogP contribution in [-0.2, 0) is 23.8 Å². The molecule has 1 saturated heterocycles. The van der Waals surface area contributed by atoms with Gasteiger partial charge in [-0.3, -0.25) is 9.59 Å². The molecule has 6 nitrogen and oxygen atoms in total. The fourth-order valence-corrected chi connectivity index (χ4v) is 2.61. The maximum atomic E-state index is 11.1. The second kappa shape index (κ2) is 4.97. The van der Waals surface area contributed by atoms with Crippen molar-refractivity contribution in [2.45, 2.75) is 25.4 Å². The van der Waals surface area contributed by atoms with Crippen LogP contribution in [0.25, 0.3) is 0 Å². The molecule has 94 valence electrons. The van der Waals surface area contributed by atoms with Crippen molar-refractivity contribution < 1.29 is 23.8 Å². The van der Waals surface area contributed by atoms with Gasteiger partial charge in [-0.05, 0) is 0 Å². The maximum Gasteiger partial charge on any atom is 0.307 e. The first kappa shape index (κ1) is 12.3. The zero-order valence-corrected chi connectivity index (χ0v) is 10.3. The summed E-state index contributed by atoms with van der Waals surface area (Å²) >= 11 is 1.56. The number of thioether (sulfide) groups is 1. The first-order chi connectivity index (χ1) is 8.08. The van der Waals surface area contributed by atoms with Gasteiger partial charge in [0.1, 0.15) is 5.44 Å². The standard InChI is InChI=1S/C10H13NO5S/c1-5(12)15-7-3-14-10-8(11-4-17-10)9(7)16-6(2)13/h7,10-11H,3-4H2,1-2H3. The summed E-state index contributed by atoms with van der Waals surface area (Å²) in [5.41, 5.74) is 0.513. The van der Waals surface area contributed by atoms with E-state index in [2.05, 4.69) is 5.32 Å². The van der Waals surface area contributed by atoms with E-state index in [4.69, 9.17) is 14.2 Å². The van der Waals surface area contributed by atoms with Gasteiger partial charge in [0.15, 0.2) is 11.9 Å². The SMILES string of the molecule is CC(=O)OC1=C2NCSC2OCC1OC(C)=O. The molecule has 2 aliphatic rings. The number of carbonyl (C=O) groups excluding carboxylic acids is 2. The number of hydrogen-bond acceptors (Lipinski definition) is 7. The van der Waals surface area contributed by atoms with E-state index in [1.165, 1.54) is 13.8 Å². The summed E-state index contributed by atoms with van der Waals surface area (Å²) in [5, 5.41) is 3.07. The van der Waals surface area contributed by atoms with E-state index in [1.807, 2.05) is 0 Å². The average Bonchev–Trinajstić information content (AvgIpc) is 2.68. The lowest BCUT2D eigenvalue weighted by atomic mass is 10.2. The Labute approximate surface area is 103 Å². The van der Waals surface area contributed by atoms with E-state index >= 15 is 0 Å². The van der Waals surface area contributed by atoms with Crippen LogP contribution < -0.4 is 5.32 Å². The number of ether oxygens (including phenoxy) is 3. The summed E-state index contributed by atoms with van der Waals surface area (Å²) in [6, 6.07) is 0. The van der Waals surface area contributed by atoms with Crippen molar-refractivity contribution in [3.05, 3.63) is 11.5 Å². The fourth-order valence-electron chi connectivity index (χ4n) is 1.68. The van der Waals surface area contributed by atoms with Gasteiger partial charge in [0.2, 0.25) is 0 Å². The molecule has 0 aromatic rings. The van der Waals surface area contributed by atoms with Gasteiger partial charge in [0.25, 0.3) is 0 Å². The molecule has 2 atom stereocenters. The lowest BCUT2D eigenvalue weighted by Crippen LogP contribution is -2.37. The van der Waals surface area contributed by atoms with Crippen molar-refractivity contribution in [2.24, 2.45) is 0 Å². The van der Waals surface area contributed by atoms with Crippen LogP contribution in [0.5, 0.6) is 0 Å². The molecule has 2 unspecified atom stereocenters. The summed E-state index contributed by atoms with van der Waals surface area (Å²) in [7, 11) is 0. The quantitative estimate of drug-likeness (QED) is 0.717. The summed E-state index contributed by atoms with van der Waals surface area (Å²) in [6.07, 6.45) is -0.658. The number of fused-ring (bicyclic) bond motifs is 1. The summed E-state index contributed by atoms with van der Waals surface area (Å²) in [5.74, 6) is 0.156. The maximum absolute atomic E-state index is 11.1. The van der Waals surface area contributed by atoms with E-state index in [-0.39, 0.29) is 12.0 Å². The van der Waals surface area contributed by atoms with Crippen molar-refractivity contribution in [3.63, 3.8) is 0 Å². The van der Waals surface area contributed by atoms with E-state index in [0.717, 1.165) is 0 Å². The van der Waals surface area contributed by atoms with Gasteiger partial charge >= 0.3 is 11.9 Å². The highest BCUT2D eigenvalue weighted by molar-refractivity contribution is 8.00. The Morgan fingerprint density at radius 1 is 1.41 bits per heavy atom. The topological polar surface area (TPSA) is 73.9 Å². The van der Waals surface area contributed by atoms with Crippen LogP contribution in [-0.4, -0.2) is 36.0 Å². The molecule has 2 aliphatic heterocycles. The van der Waals surface area contributed by atoms with Crippen LogP contribution >= 0.6 is 11.8 Å². The Hall–Kier alpha value is -1.21. The highest BCUT2D eigenvalue weighted by Crippen LogP contribution is 2.33. The molecular formula is C10H13NO5S. The average molecular weight is 259 g/mol. The summed E-state index contributed by atoms with van der Waals surface area (Å²) in [6.45, 7) is 2.81. The molecule has 0 spiro atoms. The second-order valence-electron chi connectivity index (χ2n) is 3.62. The number of hydrogen-bond donors (Lipinski definition) is 1. The third-order valence-electron chi connectivity index (χ3n) is 2.25. The molecule has 2 heterocycles. The minimum atomic E-state index is -0.658. The second-order valence-corrected chi connectivity index (χ2v) is 4.67. The van der Waals surface area contributed by atoms with Crippen molar-refractivity contribution in [3.8, 4) is 0 Å². The molecule has 0 radical (unpaired) electrons. The highest BCUT2D eigenvalue weighted by atomic mass is 32.2.